The fourth-order valence-corrected chi connectivity index (χ4v) is 3.43. The third-order valence-electron chi connectivity index (χ3n) is 6.06. The molecule has 9 nitrogen and oxygen atoms in total. The lowest BCUT2D eigenvalue weighted by molar-refractivity contribution is -0.162. The Morgan fingerprint density at radius 2 is 0.806 bits per heavy atom. The van der Waals surface area contributed by atoms with Crippen molar-refractivity contribution in [2.24, 2.45) is 5.41 Å². The van der Waals surface area contributed by atoms with Crippen LogP contribution < -0.4 is 0 Å². The number of hydrogen-bond donors (Lipinski definition) is 0. The first-order chi connectivity index (χ1) is 17.4. The van der Waals surface area contributed by atoms with Crippen LogP contribution >= 0.6 is 0 Å². The zero-order chi connectivity index (χ0) is 26.9. The minimum atomic E-state index is -0.775. The van der Waals surface area contributed by atoms with E-state index in [4.69, 9.17) is 28.4 Å². The Balaban J connectivity index is 4.76. The Bertz CT molecular complexity index is 491. The fourth-order valence-electron chi connectivity index (χ4n) is 3.43. The third-order valence-corrected chi connectivity index (χ3v) is 6.06. The van der Waals surface area contributed by atoms with E-state index in [1.807, 2.05) is 6.92 Å². The molecule has 0 aromatic rings. The number of carbonyl (C=O) groups is 3. The van der Waals surface area contributed by atoms with Crippen molar-refractivity contribution in [1.29, 1.82) is 0 Å². The highest BCUT2D eigenvalue weighted by Crippen LogP contribution is 2.25. The summed E-state index contributed by atoms with van der Waals surface area (Å²) in [5.41, 5.74) is -0.775. The molecule has 0 heterocycles. The topological polar surface area (TPSA) is 107 Å². The van der Waals surface area contributed by atoms with Crippen molar-refractivity contribution in [3.05, 3.63) is 0 Å². The molecule has 0 aromatic carbocycles. The second-order valence-electron chi connectivity index (χ2n) is 9.25. The van der Waals surface area contributed by atoms with Crippen molar-refractivity contribution in [2.75, 3.05) is 61.0 Å². The van der Waals surface area contributed by atoms with E-state index < -0.39 is 5.41 Å². The van der Waals surface area contributed by atoms with Gasteiger partial charge in [-0.15, -0.1) is 0 Å². The van der Waals surface area contributed by atoms with E-state index >= 15 is 0 Å². The van der Waals surface area contributed by atoms with Gasteiger partial charge in [0.25, 0.3) is 0 Å². The number of hydrogen-bond acceptors (Lipinski definition) is 9. The van der Waals surface area contributed by atoms with Gasteiger partial charge in [-0.1, -0.05) is 26.2 Å². The van der Waals surface area contributed by atoms with Crippen LogP contribution in [0.25, 0.3) is 0 Å². The molecule has 0 atom stereocenters. The van der Waals surface area contributed by atoms with Crippen molar-refractivity contribution in [3.8, 4) is 0 Å². The van der Waals surface area contributed by atoms with Crippen LogP contribution in [0, 0.1) is 5.41 Å². The second-order valence-corrected chi connectivity index (χ2v) is 9.25. The van der Waals surface area contributed by atoms with Crippen molar-refractivity contribution >= 4 is 17.9 Å². The van der Waals surface area contributed by atoms with Crippen LogP contribution in [0.5, 0.6) is 0 Å². The minimum Gasteiger partial charge on any atom is -0.465 e. The Hall–Kier alpha value is -1.71. The molecule has 0 unspecified atom stereocenters. The number of unbranched alkanes of at least 4 members (excludes halogenated alkanes) is 6. The SMILES string of the molecule is CCC(COC(=O)CCCCCOC)(COC(=O)CCCCCOC)COC(=O)CCCCCOC. The predicted molar refractivity (Wildman–Crippen MR) is 137 cm³/mol. The minimum absolute atomic E-state index is 0.0304. The van der Waals surface area contributed by atoms with Gasteiger partial charge in [0.2, 0.25) is 0 Å². The number of esters is 3. The van der Waals surface area contributed by atoms with Crippen LogP contribution in [0.15, 0.2) is 0 Å². The molecule has 0 bridgehead atoms. The van der Waals surface area contributed by atoms with E-state index in [1.54, 1.807) is 21.3 Å². The Labute approximate surface area is 217 Å². The summed E-state index contributed by atoms with van der Waals surface area (Å²) >= 11 is 0. The molecule has 0 rings (SSSR count). The van der Waals surface area contributed by atoms with Gasteiger partial charge in [0.1, 0.15) is 19.8 Å². The summed E-state index contributed by atoms with van der Waals surface area (Å²) in [4.78, 5) is 36.8. The molecule has 0 aliphatic carbocycles. The van der Waals surface area contributed by atoms with E-state index in [2.05, 4.69) is 0 Å². The molecule has 36 heavy (non-hydrogen) atoms. The number of rotatable bonds is 25. The summed E-state index contributed by atoms with van der Waals surface area (Å²) < 4.78 is 31.7. The van der Waals surface area contributed by atoms with Crippen molar-refractivity contribution in [3.63, 3.8) is 0 Å². The maximum Gasteiger partial charge on any atom is 0.305 e. The van der Waals surface area contributed by atoms with Gasteiger partial charge in [-0.3, -0.25) is 14.4 Å². The average Bonchev–Trinajstić information content (AvgIpc) is 2.88. The van der Waals surface area contributed by atoms with Crippen molar-refractivity contribution in [2.45, 2.75) is 90.4 Å². The lowest BCUT2D eigenvalue weighted by atomic mass is 9.88. The molecule has 212 valence electrons. The van der Waals surface area contributed by atoms with Gasteiger partial charge in [-0.2, -0.15) is 0 Å². The zero-order valence-corrected chi connectivity index (χ0v) is 23.1. The molecule has 0 aliphatic rings. The van der Waals surface area contributed by atoms with Crippen molar-refractivity contribution in [1.82, 2.24) is 0 Å². The van der Waals surface area contributed by atoms with E-state index in [0.717, 1.165) is 57.8 Å². The standard InChI is InChI=1S/C27H50O9/c1-5-27(21-34-24(28)15-9-6-12-18-31-2,22-35-25(29)16-10-7-13-19-32-3)23-36-26(30)17-11-8-14-20-33-4/h5-23H2,1-4H3. The van der Waals surface area contributed by atoms with Crippen LogP contribution in [0.3, 0.4) is 0 Å². The Kier molecular flexibility index (Phi) is 22.5. The molecule has 0 amide bonds. The lowest BCUT2D eigenvalue weighted by Crippen LogP contribution is -2.39. The van der Waals surface area contributed by atoms with Gasteiger partial charge in [-0.25, -0.2) is 0 Å². The highest BCUT2D eigenvalue weighted by molar-refractivity contribution is 5.70. The monoisotopic (exact) mass is 518 g/mol. The number of ether oxygens (including phenoxy) is 6. The average molecular weight is 519 g/mol. The summed E-state index contributed by atoms with van der Waals surface area (Å²) in [7, 11) is 4.96. The molecule has 0 N–H and O–H groups in total. The maximum atomic E-state index is 12.3. The summed E-state index contributed by atoms with van der Waals surface area (Å²) in [5.74, 6) is -0.919. The van der Waals surface area contributed by atoms with Crippen LogP contribution in [-0.2, 0) is 42.8 Å². The smallest absolute Gasteiger partial charge is 0.305 e. The molecule has 0 aliphatic heterocycles. The van der Waals surface area contributed by atoms with Gasteiger partial charge in [0.15, 0.2) is 0 Å². The Morgan fingerprint density at radius 1 is 0.500 bits per heavy atom. The van der Waals surface area contributed by atoms with E-state index in [1.165, 1.54) is 0 Å². The first-order valence-electron chi connectivity index (χ1n) is 13.4. The molecule has 0 fully saturated rings. The third kappa shape index (κ3) is 19.5. The summed E-state index contributed by atoms with van der Waals surface area (Å²) in [6.45, 7) is 4.01. The summed E-state index contributed by atoms with van der Waals surface area (Å²) in [6.07, 6.45) is 8.94. The summed E-state index contributed by atoms with van der Waals surface area (Å²) in [5, 5.41) is 0. The first-order valence-corrected chi connectivity index (χ1v) is 13.4. The first kappa shape index (κ1) is 34.3. The molecule has 0 saturated heterocycles. The molecule has 0 saturated carbocycles. The van der Waals surface area contributed by atoms with Crippen LogP contribution in [0.1, 0.15) is 90.4 Å². The summed E-state index contributed by atoms with van der Waals surface area (Å²) in [6, 6.07) is 0. The van der Waals surface area contributed by atoms with Gasteiger partial charge in [0, 0.05) is 60.4 Å². The Morgan fingerprint density at radius 3 is 1.06 bits per heavy atom. The quantitative estimate of drug-likeness (QED) is 0.0971. The largest absolute Gasteiger partial charge is 0.465 e. The van der Waals surface area contributed by atoms with Crippen LogP contribution in [0.2, 0.25) is 0 Å². The van der Waals surface area contributed by atoms with E-state index in [-0.39, 0.29) is 37.7 Å². The molecular weight excluding hydrogens is 468 g/mol. The van der Waals surface area contributed by atoms with E-state index in [9.17, 15) is 14.4 Å². The predicted octanol–water partition coefficient (Wildman–Crippen LogP) is 4.63. The van der Waals surface area contributed by atoms with Crippen LogP contribution in [-0.4, -0.2) is 78.9 Å². The van der Waals surface area contributed by atoms with Crippen molar-refractivity contribution < 1.29 is 42.8 Å². The zero-order valence-electron chi connectivity index (χ0n) is 23.1. The van der Waals surface area contributed by atoms with Gasteiger partial charge in [0.05, 0.1) is 5.41 Å². The van der Waals surface area contributed by atoms with E-state index in [0.29, 0.717) is 45.5 Å². The molecule has 0 aromatic heterocycles. The number of carbonyl (C=O) groups excluding carboxylic acids is 3. The highest BCUT2D eigenvalue weighted by atomic mass is 16.6. The molecular formula is C27H50O9. The second kappa shape index (κ2) is 23.7. The van der Waals surface area contributed by atoms with Gasteiger partial charge < -0.3 is 28.4 Å². The number of methoxy groups -OCH3 is 3. The molecule has 0 spiro atoms. The maximum absolute atomic E-state index is 12.3. The lowest BCUT2D eigenvalue weighted by Gasteiger charge is -2.31. The molecule has 9 heteroatoms. The fraction of sp³-hybridized carbons (Fsp3) is 0.889. The van der Waals surface area contributed by atoms with Crippen LogP contribution in [0.4, 0.5) is 0 Å². The van der Waals surface area contributed by atoms with Gasteiger partial charge >= 0.3 is 17.9 Å². The normalized spacial score (nSPS) is 11.3. The van der Waals surface area contributed by atoms with Gasteiger partial charge in [-0.05, 0) is 44.9 Å². The molecule has 0 radical (unpaired) electrons. The highest BCUT2D eigenvalue weighted by Gasteiger charge is 2.34.